The summed E-state index contributed by atoms with van der Waals surface area (Å²) < 4.78 is 26.7. The zero-order chi connectivity index (χ0) is 16.2. The standard InChI is InChI=1S/C18H18F2N2O/c19-14-3-1-12(2-4-14)16-11-15(20)5-6-17(16)22-18(23)13-7-9-21-10-8-13/h1-6,11,13,21H,7-10H2,(H,22,23). The van der Waals surface area contributed by atoms with Crippen LogP contribution < -0.4 is 10.6 Å². The molecule has 1 heterocycles. The number of carbonyl (C=O) groups is 1. The van der Waals surface area contributed by atoms with Crippen LogP contribution in [0.2, 0.25) is 0 Å². The SMILES string of the molecule is O=C(Nc1ccc(F)cc1-c1ccc(F)cc1)C1CCNCC1. The van der Waals surface area contributed by atoms with E-state index in [1.807, 2.05) is 0 Å². The van der Waals surface area contributed by atoms with E-state index in [4.69, 9.17) is 0 Å². The number of anilines is 1. The molecule has 0 bridgehead atoms. The smallest absolute Gasteiger partial charge is 0.227 e. The second-order valence-electron chi connectivity index (χ2n) is 5.71. The molecule has 0 spiro atoms. The van der Waals surface area contributed by atoms with Gasteiger partial charge in [0.15, 0.2) is 0 Å². The Bertz CT molecular complexity index is 695. The van der Waals surface area contributed by atoms with E-state index >= 15 is 0 Å². The highest BCUT2D eigenvalue weighted by Gasteiger charge is 2.21. The molecule has 2 N–H and O–H groups in total. The van der Waals surface area contributed by atoms with E-state index < -0.39 is 5.82 Å². The van der Waals surface area contributed by atoms with Crippen molar-refractivity contribution >= 4 is 11.6 Å². The second-order valence-corrected chi connectivity index (χ2v) is 5.71. The summed E-state index contributed by atoms with van der Waals surface area (Å²) in [7, 11) is 0. The highest BCUT2D eigenvalue weighted by Crippen LogP contribution is 2.30. The number of carbonyl (C=O) groups excluding carboxylic acids is 1. The summed E-state index contributed by atoms with van der Waals surface area (Å²) in [6.07, 6.45) is 1.58. The summed E-state index contributed by atoms with van der Waals surface area (Å²) in [6.45, 7) is 1.65. The van der Waals surface area contributed by atoms with Gasteiger partial charge in [-0.2, -0.15) is 0 Å². The molecule has 1 amide bonds. The van der Waals surface area contributed by atoms with Crippen molar-refractivity contribution < 1.29 is 13.6 Å². The van der Waals surface area contributed by atoms with E-state index in [-0.39, 0.29) is 17.6 Å². The predicted molar refractivity (Wildman–Crippen MR) is 86.0 cm³/mol. The van der Waals surface area contributed by atoms with Gasteiger partial charge in [-0.15, -0.1) is 0 Å². The van der Waals surface area contributed by atoms with E-state index in [0.29, 0.717) is 16.8 Å². The monoisotopic (exact) mass is 316 g/mol. The lowest BCUT2D eigenvalue weighted by molar-refractivity contribution is -0.120. The third-order valence-electron chi connectivity index (χ3n) is 4.10. The molecule has 3 nitrogen and oxygen atoms in total. The number of piperidine rings is 1. The van der Waals surface area contributed by atoms with Gasteiger partial charge >= 0.3 is 0 Å². The molecular weight excluding hydrogens is 298 g/mol. The summed E-state index contributed by atoms with van der Waals surface area (Å²) in [6, 6.07) is 10.00. The van der Waals surface area contributed by atoms with Gasteiger partial charge in [0.1, 0.15) is 11.6 Å². The molecule has 0 unspecified atom stereocenters. The molecule has 0 saturated carbocycles. The fourth-order valence-corrected chi connectivity index (χ4v) is 2.81. The molecule has 3 rings (SSSR count). The van der Waals surface area contributed by atoms with Gasteiger partial charge < -0.3 is 10.6 Å². The highest BCUT2D eigenvalue weighted by atomic mass is 19.1. The minimum Gasteiger partial charge on any atom is -0.325 e. The van der Waals surface area contributed by atoms with Crippen LogP contribution in [0.15, 0.2) is 42.5 Å². The zero-order valence-electron chi connectivity index (χ0n) is 12.6. The molecule has 0 atom stereocenters. The van der Waals surface area contributed by atoms with Crippen LogP contribution in [0.5, 0.6) is 0 Å². The maximum Gasteiger partial charge on any atom is 0.227 e. The third kappa shape index (κ3) is 3.74. The summed E-state index contributed by atoms with van der Waals surface area (Å²) in [5.41, 5.74) is 1.75. The van der Waals surface area contributed by atoms with Gasteiger partial charge in [-0.3, -0.25) is 4.79 Å². The average molecular weight is 316 g/mol. The Hall–Kier alpha value is -2.27. The summed E-state index contributed by atoms with van der Waals surface area (Å²) >= 11 is 0. The van der Waals surface area contributed by atoms with Crippen LogP contribution in [0, 0.1) is 17.6 Å². The summed E-state index contributed by atoms with van der Waals surface area (Å²) in [4.78, 5) is 12.4. The van der Waals surface area contributed by atoms with E-state index in [0.717, 1.165) is 25.9 Å². The van der Waals surface area contributed by atoms with Gasteiger partial charge in [-0.05, 0) is 61.8 Å². The zero-order valence-corrected chi connectivity index (χ0v) is 12.6. The lowest BCUT2D eigenvalue weighted by Crippen LogP contribution is -2.34. The van der Waals surface area contributed by atoms with Crippen molar-refractivity contribution in [2.45, 2.75) is 12.8 Å². The van der Waals surface area contributed by atoms with E-state index in [9.17, 15) is 13.6 Å². The Balaban J connectivity index is 1.86. The van der Waals surface area contributed by atoms with Gasteiger partial charge in [-0.25, -0.2) is 8.78 Å². The predicted octanol–water partition coefficient (Wildman–Crippen LogP) is 3.57. The summed E-state index contributed by atoms with van der Waals surface area (Å²) in [5.74, 6) is -0.849. The minimum absolute atomic E-state index is 0.0395. The molecule has 2 aromatic carbocycles. The molecule has 1 aliphatic rings. The Labute approximate surface area is 133 Å². The molecule has 120 valence electrons. The van der Waals surface area contributed by atoms with Gasteiger partial charge in [0.2, 0.25) is 5.91 Å². The number of rotatable bonds is 3. The number of halogens is 2. The molecule has 0 radical (unpaired) electrons. The highest BCUT2D eigenvalue weighted by molar-refractivity contribution is 5.96. The van der Waals surface area contributed by atoms with Crippen LogP contribution in [0.4, 0.5) is 14.5 Å². The van der Waals surface area contributed by atoms with Crippen molar-refractivity contribution in [1.82, 2.24) is 5.32 Å². The van der Waals surface area contributed by atoms with E-state index in [1.165, 1.54) is 24.3 Å². The Morgan fingerprint density at radius 3 is 2.35 bits per heavy atom. The van der Waals surface area contributed by atoms with Crippen molar-refractivity contribution in [1.29, 1.82) is 0 Å². The number of nitrogens with one attached hydrogen (secondary N) is 2. The first-order valence-electron chi connectivity index (χ1n) is 7.70. The first kappa shape index (κ1) is 15.6. The van der Waals surface area contributed by atoms with Crippen molar-refractivity contribution in [2.75, 3.05) is 18.4 Å². The van der Waals surface area contributed by atoms with Crippen molar-refractivity contribution in [3.05, 3.63) is 54.1 Å². The Morgan fingerprint density at radius 2 is 1.65 bits per heavy atom. The fourth-order valence-electron chi connectivity index (χ4n) is 2.81. The number of hydrogen-bond donors (Lipinski definition) is 2. The van der Waals surface area contributed by atoms with Gasteiger partial charge in [-0.1, -0.05) is 12.1 Å². The quantitative estimate of drug-likeness (QED) is 0.909. The molecule has 1 saturated heterocycles. The Kier molecular flexibility index (Phi) is 4.67. The average Bonchev–Trinajstić information content (AvgIpc) is 2.58. The molecular formula is C18H18F2N2O. The third-order valence-corrected chi connectivity index (χ3v) is 4.10. The molecule has 0 aromatic heterocycles. The van der Waals surface area contributed by atoms with Crippen LogP contribution >= 0.6 is 0 Å². The van der Waals surface area contributed by atoms with Crippen LogP contribution in [-0.4, -0.2) is 19.0 Å². The maximum absolute atomic E-state index is 13.6. The molecule has 0 aliphatic carbocycles. The molecule has 1 aliphatic heterocycles. The maximum atomic E-state index is 13.6. The van der Waals surface area contributed by atoms with Crippen LogP contribution in [0.3, 0.4) is 0 Å². The van der Waals surface area contributed by atoms with Gasteiger partial charge in [0.25, 0.3) is 0 Å². The van der Waals surface area contributed by atoms with Crippen molar-refractivity contribution in [3.63, 3.8) is 0 Å². The van der Waals surface area contributed by atoms with Crippen LogP contribution in [0.1, 0.15) is 12.8 Å². The number of benzene rings is 2. The fraction of sp³-hybridized carbons (Fsp3) is 0.278. The molecule has 23 heavy (non-hydrogen) atoms. The molecule has 1 fully saturated rings. The topological polar surface area (TPSA) is 41.1 Å². The second kappa shape index (κ2) is 6.87. The minimum atomic E-state index is -0.399. The van der Waals surface area contributed by atoms with Gasteiger partial charge in [0, 0.05) is 17.2 Å². The van der Waals surface area contributed by atoms with E-state index in [2.05, 4.69) is 10.6 Å². The number of amides is 1. The van der Waals surface area contributed by atoms with Gasteiger partial charge in [0.05, 0.1) is 0 Å². The molecule has 5 heteroatoms. The summed E-state index contributed by atoms with van der Waals surface area (Å²) in [5, 5.41) is 6.11. The Morgan fingerprint density at radius 1 is 1.00 bits per heavy atom. The lowest BCUT2D eigenvalue weighted by Gasteiger charge is -2.22. The molecule has 2 aromatic rings. The largest absolute Gasteiger partial charge is 0.325 e. The normalized spacial score (nSPS) is 15.4. The lowest BCUT2D eigenvalue weighted by atomic mass is 9.96. The number of hydrogen-bond acceptors (Lipinski definition) is 2. The van der Waals surface area contributed by atoms with Crippen molar-refractivity contribution in [2.24, 2.45) is 5.92 Å². The van der Waals surface area contributed by atoms with Crippen LogP contribution in [-0.2, 0) is 4.79 Å². The first-order valence-corrected chi connectivity index (χ1v) is 7.70. The van der Waals surface area contributed by atoms with Crippen molar-refractivity contribution in [3.8, 4) is 11.1 Å². The van der Waals surface area contributed by atoms with E-state index in [1.54, 1.807) is 18.2 Å². The first-order chi connectivity index (χ1) is 11.1. The van der Waals surface area contributed by atoms with Crippen LogP contribution in [0.25, 0.3) is 11.1 Å².